The summed E-state index contributed by atoms with van der Waals surface area (Å²) < 4.78 is 0. The number of halogens is 2. The lowest BCUT2D eigenvalue weighted by Gasteiger charge is -2.37. The molecule has 1 aromatic rings. The van der Waals surface area contributed by atoms with Crippen molar-refractivity contribution in [2.45, 2.75) is 18.9 Å². The Labute approximate surface area is 149 Å². The van der Waals surface area contributed by atoms with E-state index in [1.54, 1.807) is 0 Å². The first-order valence-electron chi connectivity index (χ1n) is 8.07. The van der Waals surface area contributed by atoms with E-state index in [-0.39, 0.29) is 24.4 Å². The summed E-state index contributed by atoms with van der Waals surface area (Å²) in [6, 6.07) is 8.18. The van der Waals surface area contributed by atoms with Crippen molar-refractivity contribution in [3.8, 4) is 0 Å². The molecule has 0 aromatic heterocycles. The lowest BCUT2D eigenvalue weighted by molar-refractivity contribution is -0.132. The quantitative estimate of drug-likeness (QED) is 0.879. The van der Waals surface area contributed by atoms with Gasteiger partial charge in [0.1, 0.15) is 0 Å². The van der Waals surface area contributed by atoms with Crippen molar-refractivity contribution in [3.05, 3.63) is 34.9 Å². The number of carbonyl (C=O) groups is 1. The van der Waals surface area contributed by atoms with E-state index in [1.807, 2.05) is 30.1 Å². The highest BCUT2D eigenvalue weighted by Crippen LogP contribution is 2.29. The summed E-state index contributed by atoms with van der Waals surface area (Å²) in [5.74, 6) is 0.960. The van der Waals surface area contributed by atoms with E-state index >= 15 is 0 Å². The first-order valence-corrected chi connectivity index (χ1v) is 8.45. The molecule has 2 aliphatic rings. The SMILES string of the molecule is CN(CC1CC1)C(=O)CN1CCNCC1c1cccc(Cl)c1.Cl. The number of rotatable bonds is 5. The Bertz CT molecular complexity index is 536. The van der Waals surface area contributed by atoms with Crippen LogP contribution in [0, 0.1) is 5.92 Å². The third kappa shape index (κ3) is 5.08. The van der Waals surface area contributed by atoms with Crippen molar-refractivity contribution in [1.29, 1.82) is 0 Å². The Hall–Kier alpha value is -0.810. The van der Waals surface area contributed by atoms with Gasteiger partial charge in [0.15, 0.2) is 0 Å². The number of nitrogens with one attached hydrogen (secondary N) is 1. The summed E-state index contributed by atoms with van der Waals surface area (Å²) in [5.41, 5.74) is 1.18. The first-order chi connectivity index (χ1) is 10.6. The second-order valence-electron chi connectivity index (χ2n) is 6.46. The highest BCUT2D eigenvalue weighted by atomic mass is 35.5. The molecule has 1 aromatic carbocycles. The van der Waals surface area contributed by atoms with Crippen LogP contribution < -0.4 is 5.32 Å². The summed E-state index contributed by atoms with van der Waals surface area (Å²) >= 11 is 6.12. The molecule has 128 valence electrons. The zero-order valence-corrected chi connectivity index (χ0v) is 15.1. The number of hydrogen-bond acceptors (Lipinski definition) is 3. The fraction of sp³-hybridized carbons (Fsp3) is 0.588. The summed E-state index contributed by atoms with van der Waals surface area (Å²) in [6.45, 7) is 4.08. The monoisotopic (exact) mass is 357 g/mol. The molecule has 0 bridgehead atoms. The van der Waals surface area contributed by atoms with E-state index in [4.69, 9.17) is 11.6 Å². The van der Waals surface area contributed by atoms with Crippen molar-refractivity contribution in [3.63, 3.8) is 0 Å². The van der Waals surface area contributed by atoms with Gasteiger partial charge in [-0.05, 0) is 36.5 Å². The largest absolute Gasteiger partial charge is 0.344 e. The molecule has 1 saturated carbocycles. The standard InChI is InChI=1S/C17H24ClN3O.ClH/c1-20(11-13-5-6-13)17(22)12-21-8-7-19-10-16(21)14-3-2-4-15(18)9-14;/h2-4,9,13,16,19H,5-8,10-12H2,1H3;1H. The molecule has 4 nitrogen and oxygen atoms in total. The fourth-order valence-corrected chi connectivity index (χ4v) is 3.26. The Balaban J connectivity index is 0.00000192. The van der Waals surface area contributed by atoms with Crippen LogP contribution in [-0.4, -0.2) is 55.5 Å². The molecule has 1 heterocycles. The molecule has 1 saturated heterocycles. The number of hydrogen-bond donors (Lipinski definition) is 1. The molecule has 1 N–H and O–H groups in total. The molecule has 6 heteroatoms. The van der Waals surface area contributed by atoms with E-state index in [0.29, 0.717) is 6.54 Å². The van der Waals surface area contributed by atoms with Gasteiger partial charge in [-0.2, -0.15) is 0 Å². The van der Waals surface area contributed by atoms with E-state index < -0.39 is 0 Å². The molecular formula is C17H25Cl2N3O. The number of benzene rings is 1. The predicted octanol–water partition coefficient (Wildman–Crippen LogP) is 2.58. The van der Waals surface area contributed by atoms with Crippen LogP contribution in [0.1, 0.15) is 24.4 Å². The zero-order chi connectivity index (χ0) is 15.5. The van der Waals surface area contributed by atoms with E-state index in [0.717, 1.165) is 37.1 Å². The minimum atomic E-state index is 0. The van der Waals surface area contributed by atoms with Gasteiger partial charge in [0.2, 0.25) is 5.91 Å². The van der Waals surface area contributed by atoms with Gasteiger partial charge >= 0.3 is 0 Å². The van der Waals surface area contributed by atoms with Gasteiger partial charge in [-0.15, -0.1) is 12.4 Å². The number of carbonyl (C=O) groups excluding carboxylic acids is 1. The van der Waals surface area contributed by atoms with Crippen LogP contribution >= 0.6 is 24.0 Å². The first kappa shape index (κ1) is 18.5. The number of likely N-dealkylation sites (N-methyl/N-ethyl adjacent to an activating group) is 1. The fourth-order valence-electron chi connectivity index (χ4n) is 3.06. The zero-order valence-electron chi connectivity index (χ0n) is 13.5. The van der Waals surface area contributed by atoms with Crippen molar-refractivity contribution in [1.82, 2.24) is 15.1 Å². The number of piperazine rings is 1. The molecular weight excluding hydrogens is 333 g/mol. The number of nitrogens with zero attached hydrogens (tertiary/aromatic N) is 2. The van der Waals surface area contributed by atoms with Gasteiger partial charge in [-0.3, -0.25) is 9.69 Å². The van der Waals surface area contributed by atoms with Crippen LogP contribution in [0.2, 0.25) is 5.02 Å². The van der Waals surface area contributed by atoms with Crippen molar-refractivity contribution in [2.75, 3.05) is 39.8 Å². The Morgan fingerprint density at radius 3 is 2.91 bits per heavy atom. The lowest BCUT2D eigenvalue weighted by Crippen LogP contribution is -2.49. The minimum absolute atomic E-state index is 0. The van der Waals surface area contributed by atoms with E-state index in [2.05, 4.69) is 16.3 Å². The molecule has 1 unspecified atom stereocenters. The smallest absolute Gasteiger partial charge is 0.236 e. The van der Waals surface area contributed by atoms with E-state index in [9.17, 15) is 4.79 Å². The molecule has 0 spiro atoms. The molecule has 3 rings (SSSR count). The third-order valence-electron chi connectivity index (χ3n) is 4.58. The van der Waals surface area contributed by atoms with Gasteiger partial charge in [0.25, 0.3) is 0 Å². The van der Waals surface area contributed by atoms with Gasteiger partial charge < -0.3 is 10.2 Å². The molecule has 23 heavy (non-hydrogen) atoms. The van der Waals surface area contributed by atoms with Crippen molar-refractivity contribution in [2.24, 2.45) is 5.92 Å². The maximum atomic E-state index is 12.5. The van der Waals surface area contributed by atoms with Gasteiger partial charge in [0, 0.05) is 44.3 Å². The molecule has 1 aliphatic heterocycles. The van der Waals surface area contributed by atoms with Crippen LogP contribution in [0.25, 0.3) is 0 Å². The average molecular weight is 358 g/mol. The van der Waals surface area contributed by atoms with Gasteiger partial charge in [-0.25, -0.2) is 0 Å². The summed E-state index contributed by atoms with van der Waals surface area (Å²) in [4.78, 5) is 16.6. The second kappa shape index (κ2) is 8.34. The summed E-state index contributed by atoms with van der Waals surface area (Å²) in [6.07, 6.45) is 2.55. The van der Waals surface area contributed by atoms with Crippen LogP contribution in [0.15, 0.2) is 24.3 Å². The van der Waals surface area contributed by atoms with E-state index in [1.165, 1.54) is 18.4 Å². The second-order valence-corrected chi connectivity index (χ2v) is 6.90. The molecule has 1 amide bonds. The Morgan fingerprint density at radius 1 is 1.43 bits per heavy atom. The topological polar surface area (TPSA) is 35.6 Å². The third-order valence-corrected chi connectivity index (χ3v) is 4.82. The number of amides is 1. The van der Waals surface area contributed by atoms with Crippen LogP contribution in [0.4, 0.5) is 0 Å². The Morgan fingerprint density at radius 2 is 2.22 bits per heavy atom. The van der Waals surface area contributed by atoms with Crippen molar-refractivity contribution >= 4 is 29.9 Å². The maximum Gasteiger partial charge on any atom is 0.236 e. The normalized spacial score (nSPS) is 21.6. The average Bonchev–Trinajstić information content (AvgIpc) is 3.31. The molecule has 0 radical (unpaired) electrons. The molecule has 1 aliphatic carbocycles. The maximum absolute atomic E-state index is 12.5. The lowest BCUT2D eigenvalue weighted by atomic mass is 10.0. The predicted molar refractivity (Wildman–Crippen MR) is 96.2 cm³/mol. The van der Waals surface area contributed by atoms with Crippen molar-refractivity contribution < 1.29 is 4.79 Å². The van der Waals surface area contributed by atoms with Gasteiger partial charge in [-0.1, -0.05) is 23.7 Å². The summed E-state index contributed by atoms with van der Waals surface area (Å²) in [7, 11) is 1.93. The van der Waals surface area contributed by atoms with Crippen LogP contribution in [0.5, 0.6) is 0 Å². The highest BCUT2D eigenvalue weighted by molar-refractivity contribution is 6.30. The van der Waals surface area contributed by atoms with Gasteiger partial charge in [0.05, 0.1) is 6.54 Å². The molecule has 1 atom stereocenters. The minimum Gasteiger partial charge on any atom is -0.344 e. The van der Waals surface area contributed by atoms with Crippen LogP contribution in [0.3, 0.4) is 0 Å². The Kier molecular flexibility index (Phi) is 6.72. The summed E-state index contributed by atoms with van der Waals surface area (Å²) in [5, 5.41) is 4.17. The van der Waals surface area contributed by atoms with Crippen LogP contribution in [-0.2, 0) is 4.79 Å². The highest BCUT2D eigenvalue weighted by Gasteiger charge is 2.29. The molecule has 2 fully saturated rings.